The molecule has 1 atom stereocenters. The van der Waals surface area contributed by atoms with Crippen LogP contribution in [0, 0.1) is 0 Å². The quantitative estimate of drug-likeness (QED) is 0.753. The number of alkyl halides is 4. The van der Waals surface area contributed by atoms with Crippen molar-refractivity contribution in [1.82, 2.24) is 10.2 Å². The van der Waals surface area contributed by atoms with E-state index in [0.717, 1.165) is 4.90 Å². The van der Waals surface area contributed by atoms with Crippen molar-refractivity contribution in [1.29, 1.82) is 0 Å². The van der Waals surface area contributed by atoms with E-state index in [0.29, 0.717) is 12.8 Å². The van der Waals surface area contributed by atoms with Crippen molar-refractivity contribution in [2.24, 2.45) is 0 Å². The zero-order valence-corrected chi connectivity index (χ0v) is 9.91. The summed E-state index contributed by atoms with van der Waals surface area (Å²) in [6.07, 6.45) is -3.15. The van der Waals surface area contributed by atoms with Gasteiger partial charge in [-0.3, -0.25) is 4.79 Å². The molecule has 1 unspecified atom stereocenters. The molecule has 0 radical (unpaired) electrons. The molecule has 2 N–H and O–H groups in total. The van der Waals surface area contributed by atoms with Crippen LogP contribution in [0.2, 0.25) is 0 Å². The van der Waals surface area contributed by atoms with Gasteiger partial charge in [0.05, 0.1) is 13.0 Å². The Labute approximate surface area is 106 Å². The first-order valence-corrected chi connectivity index (χ1v) is 5.66. The largest absolute Gasteiger partial charge is 0.481 e. The van der Waals surface area contributed by atoms with Gasteiger partial charge in [-0.2, -0.15) is 8.78 Å². The lowest BCUT2D eigenvalue weighted by molar-refractivity contribution is -0.138. The van der Waals surface area contributed by atoms with Crippen LogP contribution in [0.15, 0.2) is 0 Å². The summed E-state index contributed by atoms with van der Waals surface area (Å²) in [5, 5.41) is 10.3. The predicted octanol–water partition coefficient (Wildman–Crippen LogP) is 1.54. The molecule has 1 aliphatic rings. The molecule has 5 nitrogen and oxygen atoms in total. The molecule has 0 aromatic rings. The van der Waals surface area contributed by atoms with Crippen LogP contribution >= 0.6 is 0 Å². The number of carbonyl (C=O) groups excluding carboxylic acids is 1. The van der Waals surface area contributed by atoms with Gasteiger partial charge in [0, 0.05) is 12.6 Å². The van der Waals surface area contributed by atoms with Gasteiger partial charge in [-0.1, -0.05) is 0 Å². The molecule has 1 rings (SSSR count). The molecular formula is C10H14F4N2O3. The average Bonchev–Trinajstić information content (AvgIpc) is 2.73. The fraction of sp³-hybridized carbons (Fsp3) is 0.800. The van der Waals surface area contributed by atoms with Crippen molar-refractivity contribution >= 4 is 12.0 Å². The number of hydrogen-bond acceptors (Lipinski definition) is 2. The molecule has 9 heteroatoms. The number of carbonyl (C=O) groups is 2. The molecule has 0 spiro atoms. The first-order chi connectivity index (χ1) is 8.74. The van der Waals surface area contributed by atoms with Crippen LogP contribution in [0.1, 0.15) is 19.3 Å². The minimum Gasteiger partial charge on any atom is -0.481 e. The van der Waals surface area contributed by atoms with Crippen LogP contribution < -0.4 is 5.32 Å². The number of hydrogen-bond donors (Lipinski definition) is 2. The standard InChI is InChI=1S/C10H14F4N2O3/c11-8(12)10(13,14)5-15-9(19)16-3-1-2-6(16)4-7(17)18/h6,8H,1-5H2,(H,15,19)(H,17,18). The van der Waals surface area contributed by atoms with Crippen LogP contribution in [0.4, 0.5) is 22.4 Å². The van der Waals surface area contributed by atoms with Gasteiger partial charge < -0.3 is 15.3 Å². The number of halogens is 4. The first kappa shape index (κ1) is 15.5. The maximum absolute atomic E-state index is 12.6. The van der Waals surface area contributed by atoms with Gasteiger partial charge in [-0.05, 0) is 12.8 Å². The number of amides is 2. The molecule has 19 heavy (non-hydrogen) atoms. The highest BCUT2D eigenvalue weighted by atomic mass is 19.3. The number of carboxylic acid groups (broad SMARTS) is 1. The zero-order valence-electron chi connectivity index (χ0n) is 9.91. The second-order valence-corrected chi connectivity index (χ2v) is 4.31. The van der Waals surface area contributed by atoms with E-state index in [-0.39, 0.29) is 13.0 Å². The summed E-state index contributed by atoms with van der Waals surface area (Å²) in [7, 11) is 0. The molecule has 1 fully saturated rings. The van der Waals surface area contributed by atoms with Crippen LogP contribution in [-0.4, -0.2) is 53.5 Å². The number of nitrogens with zero attached hydrogens (tertiary/aromatic N) is 1. The van der Waals surface area contributed by atoms with Gasteiger partial charge >= 0.3 is 24.3 Å². The van der Waals surface area contributed by atoms with E-state index >= 15 is 0 Å². The number of carboxylic acids is 1. The van der Waals surface area contributed by atoms with Crippen LogP contribution in [0.25, 0.3) is 0 Å². The van der Waals surface area contributed by atoms with Gasteiger partial charge in [0.25, 0.3) is 0 Å². The lowest BCUT2D eigenvalue weighted by Crippen LogP contribution is -2.48. The van der Waals surface area contributed by atoms with E-state index in [1.165, 1.54) is 0 Å². The summed E-state index contributed by atoms with van der Waals surface area (Å²) in [4.78, 5) is 23.2. The fourth-order valence-corrected chi connectivity index (χ4v) is 1.89. The van der Waals surface area contributed by atoms with Crippen molar-refractivity contribution < 1.29 is 32.3 Å². The molecule has 2 amide bonds. The first-order valence-electron chi connectivity index (χ1n) is 5.66. The molecule has 1 heterocycles. The number of aliphatic carboxylic acids is 1. The van der Waals surface area contributed by atoms with Gasteiger partial charge in [-0.25, -0.2) is 13.6 Å². The SMILES string of the molecule is O=C(O)CC1CCCN1C(=O)NCC(F)(F)C(F)F. The fourth-order valence-electron chi connectivity index (χ4n) is 1.89. The molecule has 0 bridgehead atoms. The third-order valence-electron chi connectivity index (χ3n) is 2.84. The normalized spacial score (nSPS) is 19.8. The Hall–Kier alpha value is -1.54. The van der Waals surface area contributed by atoms with E-state index in [1.807, 2.05) is 0 Å². The van der Waals surface area contributed by atoms with Crippen LogP contribution in [-0.2, 0) is 4.79 Å². The number of rotatable bonds is 5. The topological polar surface area (TPSA) is 69.6 Å². The van der Waals surface area contributed by atoms with Crippen molar-refractivity contribution in [3.05, 3.63) is 0 Å². The Balaban J connectivity index is 2.51. The Morgan fingerprint density at radius 1 is 1.42 bits per heavy atom. The van der Waals surface area contributed by atoms with E-state index < -0.39 is 36.9 Å². The minimum absolute atomic E-state index is 0.226. The Bertz CT molecular complexity index is 352. The average molecular weight is 286 g/mol. The molecule has 1 aliphatic heterocycles. The number of likely N-dealkylation sites (tertiary alicyclic amines) is 1. The third-order valence-corrected chi connectivity index (χ3v) is 2.84. The van der Waals surface area contributed by atoms with E-state index in [9.17, 15) is 27.2 Å². The lowest BCUT2D eigenvalue weighted by Gasteiger charge is -2.25. The number of nitrogens with one attached hydrogen (secondary N) is 1. The summed E-state index contributed by atoms with van der Waals surface area (Å²) < 4.78 is 49.0. The smallest absolute Gasteiger partial charge is 0.324 e. The minimum atomic E-state index is -4.29. The van der Waals surface area contributed by atoms with Gasteiger partial charge in [-0.15, -0.1) is 0 Å². The molecule has 0 aromatic heterocycles. The summed E-state index contributed by atoms with van der Waals surface area (Å²) >= 11 is 0. The Morgan fingerprint density at radius 3 is 2.58 bits per heavy atom. The van der Waals surface area contributed by atoms with Crippen molar-refractivity contribution in [3.63, 3.8) is 0 Å². The molecular weight excluding hydrogens is 272 g/mol. The van der Waals surface area contributed by atoms with Gasteiger partial charge in [0.2, 0.25) is 0 Å². The summed E-state index contributed by atoms with van der Waals surface area (Å²) in [5.74, 6) is -5.40. The van der Waals surface area contributed by atoms with Crippen molar-refractivity contribution in [2.45, 2.75) is 37.7 Å². The molecule has 0 saturated carbocycles. The van der Waals surface area contributed by atoms with Gasteiger partial charge in [0.15, 0.2) is 0 Å². The zero-order chi connectivity index (χ0) is 14.6. The second kappa shape index (κ2) is 6.07. The summed E-state index contributed by atoms with van der Waals surface area (Å²) in [6.45, 7) is -1.25. The summed E-state index contributed by atoms with van der Waals surface area (Å²) in [5.41, 5.74) is 0. The van der Waals surface area contributed by atoms with Crippen LogP contribution in [0.5, 0.6) is 0 Å². The lowest BCUT2D eigenvalue weighted by atomic mass is 10.1. The highest BCUT2D eigenvalue weighted by molar-refractivity contribution is 5.76. The van der Waals surface area contributed by atoms with Crippen molar-refractivity contribution in [2.75, 3.05) is 13.1 Å². The predicted molar refractivity (Wildman–Crippen MR) is 56.3 cm³/mol. The monoisotopic (exact) mass is 286 g/mol. The molecule has 0 aromatic carbocycles. The van der Waals surface area contributed by atoms with Gasteiger partial charge in [0.1, 0.15) is 0 Å². The molecule has 0 aliphatic carbocycles. The third kappa shape index (κ3) is 4.25. The van der Waals surface area contributed by atoms with Crippen molar-refractivity contribution in [3.8, 4) is 0 Å². The van der Waals surface area contributed by atoms with E-state index in [2.05, 4.69) is 0 Å². The highest BCUT2D eigenvalue weighted by Gasteiger charge is 2.41. The van der Waals surface area contributed by atoms with E-state index in [1.54, 1.807) is 5.32 Å². The Morgan fingerprint density at radius 2 is 2.05 bits per heavy atom. The maximum atomic E-state index is 12.6. The van der Waals surface area contributed by atoms with Crippen LogP contribution in [0.3, 0.4) is 0 Å². The second-order valence-electron chi connectivity index (χ2n) is 4.31. The molecule has 110 valence electrons. The Kier molecular flexibility index (Phi) is 4.96. The molecule has 1 saturated heterocycles. The van der Waals surface area contributed by atoms with E-state index in [4.69, 9.17) is 5.11 Å². The highest BCUT2D eigenvalue weighted by Crippen LogP contribution is 2.23. The summed E-state index contributed by atoms with van der Waals surface area (Å²) in [6, 6.07) is -1.53. The maximum Gasteiger partial charge on any atom is 0.324 e. The number of urea groups is 1.